The van der Waals surface area contributed by atoms with Gasteiger partial charge in [0, 0.05) is 26.6 Å². The van der Waals surface area contributed by atoms with Crippen molar-refractivity contribution in [3.8, 4) is 0 Å². The number of nitrogens with zero attached hydrogens (tertiary/aromatic N) is 4. The molecule has 3 rings (SSSR count). The predicted molar refractivity (Wildman–Crippen MR) is 87.1 cm³/mol. The fourth-order valence-corrected chi connectivity index (χ4v) is 2.49. The number of ether oxygens (including phenoxy) is 1. The van der Waals surface area contributed by atoms with E-state index in [1.807, 2.05) is 19.2 Å². The van der Waals surface area contributed by atoms with Gasteiger partial charge >= 0.3 is 0 Å². The molecule has 23 heavy (non-hydrogen) atoms. The van der Waals surface area contributed by atoms with Gasteiger partial charge in [-0.15, -0.1) is 0 Å². The number of hydrogen-bond acceptors (Lipinski definition) is 6. The summed E-state index contributed by atoms with van der Waals surface area (Å²) in [6, 6.07) is 4.15. The minimum absolute atomic E-state index is 0.244. The van der Waals surface area contributed by atoms with Gasteiger partial charge in [-0.3, -0.25) is 4.68 Å². The zero-order chi connectivity index (χ0) is 16.2. The summed E-state index contributed by atoms with van der Waals surface area (Å²) in [7, 11) is 3.51. The highest BCUT2D eigenvalue weighted by Gasteiger charge is 2.13. The van der Waals surface area contributed by atoms with E-state index in [4.69, 9.17) is 9.15 Å². The van der Waals surface area contributed by atoms with Crippen LogP contribution >= 0.6 is 0 Å². The molecule has 0 saturated carbocycles. The van der Waals surface area contributed by atoms with Crippen molar-refractivity contribution in [3.63, 3.8) is 0 Å². The molecular formula is C16H21N5O2. The Labute approximate surface area is 134 Å². The van der Waals surface area contributed by atoms with Crippen molar-refractivity contribution in [2.75, 3.05) is 12.4 Å². The Hall–Kier alpha value is -2.41. The molecule has 0 aliphatic heterocycles. The molecule has 122 valence electrons. The van der Waals surface area contributed by atoms with Crippen LogP contribution in [0.4, 0.5) is 5.82 Å². The fraction of sp³-hybridized carbons (Fsp3) is 0.438. The Bertz CT molecular complexity index is 766. The van der Waals surface area contributed by atoms with E-state index >= 15 is 0 Å². The van der Waals surface area contributed by atoms with Crippen LogP contribution < -0.4 is 5.32 Å². The molecule has 0 fully saturated rings. The molecule has 3 aromatic heterocycles. The predicted octanol–water partition coefficient (Wildman–Crippen LogP) is 2.54. The van der Waals surface area contributed by atoms with E-state index in [0.29, 0.717) is 12.4 Å². The van der Waals surface area contributed by atoms with Gasteiger partial charge in [-0.2, -0.15) is 5.10 Å². The van der Waals surface area contributed by atoms with Crippen molar-refractivity contribution in [3.05, 3.63) is 36.2 Å². The highest BCUT2D eigenvalue weighted by atomic mass is 16.5. The van der Waals surface area contributed by atoms with Crippen molar-refractivity contribution in [1.82, 2.24) is 19.7 Å². The molecular weight excluding hydrogens is 294 g/mol. The molecule has 7 nitrogen and oxygen atoms in total. The Morgan fingerprint density at radius 2 is 2.26 bits per heavy atom. The molecule has 0 aliphatic carbocycles. The minimum Gasteiger partial charge on any atom is -0.469 e. The number of fused-ring (bicyclic) bond motifs is 1. The van der Waals surface area contributed by atoms with Gasteiger partial charge in [0.15, 0.2) is 11.5 Å². The molecule has 3 aromatic rings. The standard InChI is InChI=1S/C16H21N5O2/c1-11(6-7-12-5-4-8-23-12)18-15-13-9-17-21(2)16(13)20-14(19-15)10-22-3/h4-5,8-9,11H,6-7,10H2,1-3H3,(H,18,19,20)/t11-/m1/s1. The zero-order valence-corrected chi connectivity index (χ0v) is 13.6. The number of methoxy groups -OCH3 is 1. The van der Waals surface area contributed by atoms with Crippen LogP contribution in [0, 0.1) is 0 Å². The highest BCUT2D eigenvalue weighted by Crippen LogP contribution is 2.21. The molecule has 0 radical (unpaired) electrons. The molecule has 7 heteroatoms. The van der Waals surface area contributed by atoms with Crippen LogP contribution in [-0.2, 0) is 24.8 Å². The van der Waals surface area contributed by atoms with Crippen molar-refractivity contribution in [1.29, 1.82) is 0 Å². The summed E-state index contributed by atoms with van der Waals surface area (Å²) in [5.74, 6) is 2.43. The Kier molecular flexibility index (Phi) is 4.57. The minimum atomic E-state index is 0.244. The number of anilines is 1. The third kappa shape index (κ3) is 3.50. The van der Waals surface area contributed by atoms with Crippen LogP contribution in [0.25, 0.3) is 11.0 Å². The third-order valence-electron chi connectivity index (χ3n) is 3.70. The lowest BCUT2D eigenvalue weighted by atomic mass is 10.1. The summed E-state index contributed by atoms with van der Waals surface area (Å²) in [5, 5.41) is 8.64. The van der Waals surface area contributed by atoms with Gasteiger partial charge in [-0.1, -0.05) is 0 Å². The lowest BCUT2D eigenvalue weighted by molar-refractivity contribution is 0.178. The monoisotopic (exact) mass is 315 g/mol. The molecule has 0 amide bonds. The average Bonchev–Trinajstić information content (AvgIpc) is 3.16. The number of rotatable bonds is 7. The van der Waals surface area contributed by atoms with E-state index in [0.717, 1.165) is 35.5 Å². The molecule has 0 bridgehead atoms. The van der Waals surface area contributed by atoms with Gasteiger partial charge in [0.05, 0.1) is 17.8 Å². The molecule has 0 aromatic carbocycles. The molecule has 0 saturated heterocycles. The summed E-state index contributed by atoms with van der Waals surface area (Å²) in [6.45, 7) is 2.50. The highest BCUT2D eigenvalue weighted by molar-refractivity contribution is 5.86. The first-order valence-electron chi connectivity index (χ1n) is 7.64. The smallest absolute Gasteiger partial charge is 0.163 e. The van der Waals surface area contributed by atoms with E-state index in [2.05, 4.69) is 27.3 Å². The number of aromatic nitrogens is 4. The Morgan fingerprint density at radius 1 is 1.39 bits per heavy atom. The molecule has 1 atom stereocenters. The van der Waals surface area contributed by atoms with Gasteiger partial charge in [0.25, 0.3) is 0 Å². The molecule has 0 unspecified atom stereocenters. The maximum absolute atomic E-state index is 5.38. The van der Waals surface area contributed by atoms with E-state index in [-0.39, 0.29) is 6.04 Å². The van der Waals surface area contributed by atoms with Crippen LogP contribution in [0.15, 0.2) is 29.0 Å². The van der Waals surface area contributed by atoms with Crippen LogP contribution in [0.3, 0.4) is 0 Å². The second-order valence-corrected chi connectivity index (χ2v) is 5.59. The fourth-order valence-electron chi connectivity index (χ4n) is 2.49. The largest absolute Gasteiger partial charge is 0.469 e. The quantitative estimate of drug-likeness (QED) is 0.722. The Morgan fingerprint density at radius 3 is 3.00 bits per heavy atom. The van der Waals surface area contributed by atoms with Crippen molar-refractivity contribution < 1.29 is 9.15 Å². The third-order valence-corrected chi connectivity index (χ3v) is 3.70. The second kappa shape index (κ2) is 6.78. The molecule has 1 N–H and O–H groups in total. The van der Waals surface area contributed by atoms with Gasteiger partial charge in [0.2, 0.25) is 0 Å². The first kappa shape index (κ1) is 15.5. The van der Waals surface area contributed by atoms with Crippen molar-refractivity contribution >= 4 is 16.9 Å². The second-order valence-electron chi connectivity index (χ2n) is 5.59. The van der Waals surface area contributed by atoms with Crippen molar-refractivity contribution in [2.45, 2.75) is 32.4 Å². The average molecular weight is 315 g/mol. The summed E-state index contributed by atoms with van der Waals surface area (Å²) < 4.78 is 12.3. The Balaban J connectivity index is 1.77. The van der Waals surface area contributed by atoms with Crippen LogP contribution in [0.2, 0.25) is 0 Å². The SMILES string of the molecule is COCc1nc(N[C@H](C)CCc2ccco2)c2cnn(C)c2n1. The van der Waals surface area contributed by atoms with Gasteiger partial charge < -0.3 is 14.5 Å². The summed E-state index contributed by atoms with van der Waals surface area (Å²) in [4.78, 5) is 9.05. The van der Waals surface area contributed by atoms with Crippen LogP contribution in [0.5, 0.6) is 0 Å². The summed E-state index contributed by atoms with van der Waals surface area (Å²) in [6.07, 6.45) is 5.31. The molecule has 0 spiro atoms. The van der Waals surface area contributed by atoms with E-state index in [1.165, 1.54) is 0 Å². The maximum atomic E-state index is 5.38. The first-order valence-corrected chi connectivity index (χ1v) is 7.64. The summed E-state index contributed by atoms with van der Waals surface area (Å²) in [5.41, 5.74) is 0.799. The first-order chi connectivity index (χ1) is 11.2. The molecule has 3 heterocycles. The molecule has 0 aliphatic rings. The zero-order valence-electron chi connectivity index (χ0n) is 13.6. The number of furan rings is 1. The van der Waals surface area contributed by atoms with Crippen LogP contribution in [0.1, 0.15) is 24.9 Å². The number of nitrogens with one attached hydrogen (secondary N) is 1. The maximum Gasteiger partial charge on any atom is 0.163 e. The number of aryl methyl sites for hydroxylation is 2. The van der Waals surface area contributed by atoms with E-state index in [9.17, 15) is 0 Å². The van der Waals surface area contributed by atoms with E-state index < -0.39 is 0 Å². The van der Waals surface area contributed by atoms with E-state index in [1.54, 1.807) is 24.3 Å². The van der Waals surface area contributed by atoms with Gasteiger partial charge in [0.1, 0.15) is 18.2 Å². The van der Waals surface area contributed by atoms with Gasteiger partial charge in [-0.25, -0.2) is 9.97 Å². The van der Waals surface area contributed by atoms with Crippen molar-refractivity contribution in [2.24, 2.45) is 7.05 Å². The number of hydrogen-bond donors (Lipinski definition) is 1. The summed E-state index contributed by atoms with van der Waals surface area (Å²) >= 11 is 0. The topological polar surface area (TPSA) is 78.0 Å². The normalized spacial score (nSPS) is 12.7. The van der Waals surface area contributed by atoms with Gasteiger partial charge in [-0.05, 0) is 25.5 Å². The lowest BCUT2D eigenvalue weighted by Crippen LogP contribution is -2.18. The lowest BCUT2D eigenvalue weighted by Gasteiger charge is -2.15. The van der Waals surface area contributed by atoms with Crippen LogP contribution in [-0.4, -0.2) is 32.9 Å².